The van der Waals surface area contributed by atoms with E-state index in [4.69, 9.17) is 5.73 Å². The van der Waals surface area contributed by atoms with Crippen LogP contribution in [-0.4, -0.2) is 44.6 Å². The molecule has 2 aromatic heterocycles. The quantitative estimate of drug-likeness (QED) is 0.530. The van der Waals surface area contributed by atoms with E-state index in [2.05, 4.69) is 20.3 Å². The third-order valence-corrected chi connectivity index (χ3v) is 6.05. The predicted octanol–water partition coefficient (Wildman–Crippen LogP) is 2.61. The van der Waals surface area contributed by atoms with Gasteiger partial charge in [-0.3, -0.25) is 9.59 Å². The number of aryl methyl sites for hydroxylation is 1. The Morgan fingerprint density at radius 3 is 2.45 bits per heavy atom. The van der Waals surface area contributed by atoms with Gasteiger partial charge < -0.3 is 21.1 Å². The molecule has 0 aliphatic carbocycles. The third kappa shape index (κ3) is 5.14. The second kappa shape index (κ2) is 8.82. The van der Waals surface area contributed by atoms with Gasteiger partial charge in [-0.25, -0.2) is 4.98 Å². The van der Waals surface area contributed by atoms with E-state index in [1.807, 2.05) is 19.1 Å². The number of piperidine rings is 1. The fourth-order valence-electron chi connectivity index (χ4n) is 4.23. The van der Waals surface area contributed by atoms with Crippen LogP contribution in [0.4, 0.5) is 11.6 Å². The Kier molecular flexibility index (Phi) is 6.07. The fraction of sp³-hybridized carbons (Fsp3) is 0.417. The van der Waals surface area contributed by atoms with Crippen molar-refractivity contribution in [1.82, 2.24) is 14.6 Å². The molecule has 1 fully saturated rings. The molecule has 2 amide bonds. The number of nitrogens with two attached hydrogens (primary N) is 1. The lowest BCUT2D eigenvalue weighted by Gasteiger charge is -2.33. The molecule has 0 bridgehead atoms. The maximum atomic E-state index is 12.9. The molecule has 1 aromatic carbocycles. The maximum absolute atomic E-state index is 12.9. The van der Waals surface area contributed by atoms with E-state index >= 15 is 0 Å². The molecule has 9 nitrogen and oxygen atoms in total. The summed E-state index contributed by atoms with van der Waals surface area (Å²) in [6.45, 7) is 6.84. The van der Waals surface area contributed by atoms with Crippen LogP contribution in [0.25, 0.3) is 5.65 Å². The molecule has 0 spiro atoms. The summed E-state index contributed by atoms with van der Waals surface area (Å²) in [6.07, 6.45) is 2.14. The van der Waals surface area contributed by atoms with Crippen LogP contribution in [0.3, 0.4) is 0 Å². The Balaban J connectivity index is 1.56. The number of fused-ring (bicyclic) bond motifs is 1. The molecule has 9 heteroatoms. The largest absolute Gasteiger partial charge is 0.386 e. The van der Waals surface area contributed by atoms with Gasteiger partial charge >= 0.3 is 0 Å². The summed E-state index contributed by atoms with van der Waals surface area (Å²) in [4.78, 5) is 30.9. The second-order valence-electron chi connectivity index (χ2n) is 9.25. The number of hydrogen-bond acceptors (Lipinski definition) is 6. The Morgan fingerprint density at radius 1 is 1.18 bits per heavy atom. The summed E-state index contributed by atoms with van der Waals surface area (Å²) >= 11 is 0. The van der Waals surface area contributed by atoms with Crippen LogP contribution in [-0.2, 0) is 10.4 Å². The van der Waals surface area contributed by atoms with E-state index in [0.29, 0.717) is 29.4 Å². The van der Waals surface area contributed by atoms with Gasteiger partial charge in [-0.15, -0.1) is 0 Å². The summed E-state index contributed by atoms with van der Waals surface area (Å²) in [7, 11) is 0. The van der Waals surface area contributed by atoms with E-state index in [1.54, 1.807) is 42.6 Å². The van der Waals surface area contributed by atoms with Gasteiger partial charge in [0.15, 0.2) is 5.65 Å². The lowest BCUT2D eigenvalue weighted by atomic mass is 9.93. The van der Waals surface area contributed by atoms with Gasteiger partial charge in [0.25, 0.3) is 5.91 Å². The number of carbonyl (C=O) groups is 2. The highest BCUT2D eigenvalue weighted by atomic mass is 16.3. The van der Waals surface area contributed by atoms with Gasteiger partial charge in [-0.05, 0) is 57.2 Å². The average molecular weight is 451 g/mol. The van der Waals surface area contributed by atoms with Gasteiger partial charge in [0, 0.05) is 37.2 Å². The zero-order chi connectivity index (χ0) is 23.8. The van der Waals surface area contributed by atoms with E-state index < -0.39 is 5.60 Å². The number of anilines is 2. The van der Waals surface area contributed by atoms with Crippen LogP contribution in [0.2, 0.25) is 0 Å². The van der Waals surface area contributed by atoms with E-state index in [0.717, 1.165) is 43.0 Å². The summed E-state index contributed by atoms with van der Waals surface area (Å²) in [5, 5.41) is 17.6. The first-order valence-electron chi connectivity index (χ1n) is 11.1. The Bertz CT molecular complexity index is 1170. The van der Waals surface area contributed by atoms with Gasteiger partial charge in [0.2, 0.25) is 5.91 Å². The third-order valence-electron chi connectivity index (χ3n) is 6.05. The van der Waals surface area contributed by atoms with Crippen molar-refractivity contribution in [3.8, 4) is 0 Å². The molecule has 1 aliphatic heterocycles. The number of aromatic nitrogens is 3. The van der Waals surface area contributed by atoms with Crippen LogP contribution in [0.15, 0.2) is 36.4 Å². The Hall–Kier alpha value is -3.46. The van der Waals surface area contributed by atoms with Crippen molar-refractivity contribution in [1.29, 1.82) is 0 Å². The Morgan fingerprint density at radius 2 is 1.85 bits per heavy atom. The zero-order valence-corrected chi connectivity index (χ0v) is 19.2. The molecule has 0 saturated carbocycles. The molecular weight excluding hydrogens is 420 g/mol. The molecule has 1 aliphatic rings. The van der Waals surface area contributed by atoms with Crippen molar-refractivity contribution >= 4 is 29.1 Å². The maximum Gasteiger partial charge on any atom is 0.256 e. The second-order valence-corrected chi connectivity index (χ2v) is 9.25. The van der Waals surface area contributed by atoms with Crippen molar-refractivity contribution in [2.45, 2.75) is 45.6 Å². The van der Waals surface area contributed by atoms with Crippen LogP contribution >= 0.6 is 0 Å². The van der Waals surface area contributed by atoms with Crippen molar-refractivity contribution in [2.24, 2.45) is 11.7 Å². The molecule has 1 saturated heterocycles. The first kappa shape index (κ1) is 22.7. The summed E-state index contributed by atoms with van der Waals surface area (Å²) in [5.74, 6) is 1.03. The number of nitrogens with one attached hydrogen (secondary N) is 1. The van der Waals surface area contributed by atoms with Crippen LogP contribution in [0.5, 0.6) is 0 Å². The highest BCUT2D eigenvalue weighted by Gasteiger charge is 2.24. The highest BCUT2D eigenvalue weighted by molar-refractivity contribution is 6.04. The Labute approximate surface area is 192 Å². The van der Waals surface area contributed by atoms with E-state index in [-0.39, 0.29) is 11.8 Å². The number of hydrogen-bond donors (Lipinski definition) is 3. The van der Waals surface area contributed by atoms with Gasteiger partial charge in [-0.2, -0.15) is 9.61 Å². The molecule has 174 valence electrons. The van der Waals surface area contributed by atoms with Crippen LogP contribution < -0.4 is 16.0 Å². The molecule has 4 N–H and O–H groups in total. The highest BCUT2D eigenvalue weighted by Crippen LogP contribution is 2.28. The summed E-state index contributed by atoms with van der Waals surface area (Å²) in [5.41, 5.74) is 7.08. The van der Waals surface area contributed by atoms with Crippen molar-refractivity contribution in [3.63, 3.8) is 0 Å². The molecular formula is C24H30N6O3. The summed E-state index contributed by atoms with van der Waals surface area (Å²) < 4.78 is 1.79. The standard InChI is InChI=1S/C24H30N6O3/c1-15-12-21-26-20(27-23(32)17-4-6-18(7-5-17)24(2,3)33)14-22(30(21)28-15)29-10-8-16(9-11-29)13-19(25)31/h4-7,12,14,16,33H,8-11,13H2,1-3H3,(H2,25,31)(H,26,27,32). The lowest BCUT2D eigenvalue weighted by molar-refractivity contribution is -0.119. The smallest absolute Gasteiger partial charge is 0.256 e. The van der Waals surface area contributed by atoms with E-state index in [1.165, 1.54) is 0 Å². The molecule has 0 unspecified atom stereocenters. The first-order chi connectivity index (χ1) is 15.6. The molecule has 33 heavy (non-hydrogen) atoms. The zero-order valence-electron chi connectivity index (χ0n) is 19.2. The fourth-order valence-corrected chi connectivity index (χ4v) is 4.23. The predicted molar refractivity (Wildman–Crippen MR) is 126 cm³/mol. The first-order valence-corrected chi connectivity index (χ1v) is 11.1. The monoisotopic (exact) mass is 450 g/mol. The number of aliphatic hydroxyl groups is 1. The molecule has 4 rings (SSSR count). The lowest BCUT2D eigenvalue weighted by Crippen LogP contribution is -2.36. The number of rotatable bonds is 6. The number of amides is 2. The number of nitrogens with zero attached hydrogens (tertiary/aromatic N) is 4. The van der Waals surface area contributed by atoms with Crippen molar-refractivity contribution in [3.05, 3.63) is 53.2 Å². The molecule has 0 radical (unpaired) electrons. The van der Waals surface area contributed by atoms with Gasteiger partial charge in [0.05, 0.1) is 11.3 Å². The van der Waals surface area contributed by atoms with Crippen LogP contribution in [0, 0.1) is 12.8 Å². The average Bonchev–Trinajstić information content (AvgIpc) is 3.13. The minimum atomic E-state index is -0.971. The molecule has 0 atom stereocenters. The SMILES string of the molecule is Cc1cc2nc(NC(=O)c3ccc(C(C)(C)O)cc3)cc(N3CCC(CC(N)=O)CC3)n2n1. The molecule has 3 heterocycles. The molecule has 3 aromatic rings. The van der Waals surface area contributed by atoms with Gasteiger partial charge in [0.1, 0.15) is 11.6 Å². The number of benzene rings is 1. The van der Waals surface area contributed by atoms with Crippen molar-refractivity contribution in [2.75, 3.05) is 23.3 Å². The van der Waals surface area contributed by atoms with Crippen LogP contribution in [0.1, 0.15) is 54.7 Å². The van der Waals surface area contributed by atoms with Crippen molar-refractivity contribution < 1.29 is 14.7 Å². The summed E-state index contributed by atoms with van der Waals surface area (Å²) in [6, 6.07) is 10.6. The van der Waals surface area contributed by atoms with Gasteiger partial charge in [-0.1, -0.05) is 12.1 Å². The van der Waals surface area contributed by atoms with E-state index in [9.17, 15) is 14.7 Å². The minimum absolute atomic E-state index is 0.261. The minimum Gasteiger partial charge on any atom is -0.386 e. The topological polar surface area (TPSA) is 126 Å². The number of carbonyl (C=O) groups excluding carboxylic acids is 2. The normalized spacial score (nSPS) is 15.1. The number of primary amides is 1.